The van der Waals surface area contributed by atoms with Crippen molar-refractivity contribution >= 4 is 43.7 Å². The number of aryl methyl sites for hydroxylation is 1. The first-order valence-electron chi connectivity index (χ1n) is 10.5. The third-order valence-electron chi connectivity index (χ3n) is 5.16. The first kappa shape index (κ1) is 24.6. The van der Waals surface area contributed by atoms with E-state index in [0.29, 0.717) is 33.9 Å². The highest BCUT2D eigenvalue weighted by Crippen LogP contribution is 2.34. The molecule has 186 valence electrons. The number of hydrogen-bond donors (Lipinski definition) is 2. The van der Waals surface area contributed by atoms with Crippen molar-refractivity contribution in [2.45, 2.75) is 19.5 Å². The van der Waals surface area contributed by atoms with Crippen LogP contribution in [-0.2, 0) is 14.5 Å². The van der Waals surface area contributed by atoms with Gasteiger partial charge in [0, 0.05) is 23.0 Å². The number of carbonyl (C=O) groups is 1. The molecule has 2 heterocycles. The summed E-state index contributed by atoms with van der Waals surface area (Å²) in [6, 6.07) is 6.98. The van der Waals surface area contributed by atoms with Crippen molar-refractivity contribution in [2.75, 3.05) is 30.0 Å². The first-order valence-corrected chi connectivity index (χ1v) is 12.4. The average Bonchev–Trinajstić information content (AvgIpc) is 2.76. The number of benzene rings is 2. The average molecular weight is 512 g/mol. The zero-order valence-electron chi connectivity index (χ0n) is 18.5. The quantitative estimate of drug-likeness (QED) is 0.456. The summed E-state index contributed by atoms with van der Waals surface area (Å²) < 4.78 is 72.8. The lowest BCUT2D eigenvalue weighted by Crippen LogP contribution is -2.36. The van der Waals surface area contributed by atoms with Crippen molar-refractivity contribution in [3.05, 3.63) is 48.0 Å². The van der Waals surface area contributed by atoms with Gasteiger partial charge in [-0.2, -0.15) is 17.5 Å². The summed E-state index contributed by atoms with van der Waals surface area (Å²) in [4.78, 5) is 20.2. The molecule has 3 aromatic rings. The number of nitrogens with one attached hydrogen (secondary N) is 2. The molecule has 0 atom stereocenters. The van der Waals surface area contributed by atoms with Crippen LogP contribution in [0.5, 0.6) is 5.75 Å². The lowest BCUT2D eigenvalue weighted by Gasteiger charge is -2.18. The van der Waals surface area contributed by atoms with Gasteiger partial charge in [0.1, 0.15) is 30.3 Å². The van der Waals surface area contributed by atoms with Gasteiger partial charge in [-0.1, -0.05) is 0 Å². The summed E-state index contributed by atoms with van der Waals surface area (Å²) in [5.41, 5.74) is 2.09. The largest absolute Gasteiger partial charge is 0.481 e. The van der Waals surface area contributed by atoms with Crippen molar-refractivity contribution in [3.63, 3.8) is 0 Å². The van der Waals surface area contributed by atoms with Gasteiger partial charge in [-0.15, -0.1) is 0 Å². The maximum Gasteiger partial charge on any atom is 0.405 e. The Morgan fingerprint density at radius 1 is 1.20 bits per heavy atom. The Kier molecular flexibility index (Phi) is 6.79. The Morgan fingerprint density at radius 2 is 1.97 bits per heavy atom. The molecule has 1 fully saturated rings. The van der Waals surface area contributed by atoms with Crippen molar-refractivity contribution < 1.29 is 31.3 Å². The molecule has 1 amide bonds. The van der Waals surface area contributed by atoms with E-state index in [1.165, 1.54) is 12.4 Å². The lowest BCUT2D eigenvalue weighted by atomic mass is 10.1. The molecule has 1 aliphatic heterocycles. The molecular weight excluding hydrogens is 490 g/mol. The Labute approximate surface area is 198 Å². The Bertz CT molecular complexity index is 1390. The number of ether oxygens (including phenoxy) is 1. The Morgan fingerprint density at radius 3 is 2.66 bits per heavy atom. The molecule has 2 N–H and O–H groups in total. The van der Waals surface area contributed by atoms with Crippen LogP contribution in [0.4, 0.5) is 34.8 Å². The summed E-state index contributed by atoms with van der Waals surface area (Å²) in [6.07, 6.45) is -2.36. The summed E-state index contributed by atoms with van der Waals surface area (Å²) in [5.74, 6) is -0.275. The van der Waals surface area contributed by atoms with Crippen LogP contribution >= 0.6 is 0 Å². The van der Waals surface area contributed by atoms with E-state index < -0.39 is 40.8 Å². The minimum atomic E-state index is -4.56. The molecule has 0 aliphatic carbocycles. The Balaban J connectivity index is 1.59. The van der Waals surface area contributed by atoms with E-state index >= 15 is 0 Å². The number of rotatable bonds is 7. The van der Waals surface area contributed by atoms with Gasteiger partial charge in [0.15, 0.2) is 6.61 Å². The number of halogens is 4. The topological polar surface area (TPSA) is 106 Å². The molecular formula is C22H21F4N5O3S. The summed E-state index contributed by atoms with van der Waals surface area (Å²) in [6.45, 7) is -0.433. The number of anilines is 2. The predicted molar refractivity (Wildman–Crippen MR) is 123 cm³/mol. The summed E-state index contributed by atoms with van der Waals surface area (Å²) in [5, 5.41) is 5.33. The van der Waals surface area contributed by atoms with Crippen LogP contribution in [0.2, 0.25) is 0 Å². The van der Waals surface area contributed by atoms with Gasteiger partial charge in [0.2, 0.25) is 0 Å². The standard InChI is InChI=1S/C22H21F4N5O3S/c1-13-7-15(31-35(33)5-2-6-35)9-17-20(13)21(29-12-28-17)30-16-4-3-14(23)8-18(16)34-10-19(32)27-11-22(24,25)26/h3-4,7-9,12H,2,5-6,10-11H2,1H3,(H,27,32)(H,28,29,30). The number of amides is 1. The van der Waals surface area contributed by atoms with E-state index in [1.54, 1.807) is 17.4 Å². The van der Waals surface area contributed by atoms with Gasteiger partial charge in [-0.3, -0.25) is 4.79 Å². The molecule has 0 spiro atoms. The fraction of sp³-hybridized carbons (Fsp3) is 0.318. The van der Waals surface area contributed by atoms with E-state index in [0.717, 1.165) is 24.1 Å². The molecule has 0 unspecified atom stereocenters. The van der Waals surface area contributed by atoms with Crippen LogP contribution in [0, 0.1) is 12.7 Å². The van der Waals surface area contributed by atoms with Crippen LogP contribution in [0.15, 0.2) is 41.0 Å². The van der Waals surface area contributed by atoms with Crippen molar-refractivity contribution in [1.82, 2.24) is 15.3 Å². The van der Waals surface area contributed by atoms with Gasteiger partial charge >= 0.3 is 6.18 Å². The number of fused-ring (bicyclic) bond motifs is 1. The third-order valence-corrected chi connectivity index (χ3v) is 7.56. The van der Waals surface area contributed by atoms with Crippen LogP contribution in [0.25, 0.3) is 10.9 Å². The maximum atomic E-state index is 13.8. The molecule has 1 saturated heterocycles. The second-order valence-electron chi connectivity index (χ2n) is 7.95. The first-order chi connectivity index (χ1) is 16.5. The van der Waals surface area contributed by atoms with Crippen molar-refractivity contribution in [2.24, 2.45) is 4.36 Å². The van der Waals surface area contributed by atoms with Crippen LogP contribution < -0.4 is 15.4 Å². The highest BCUT2D eigenvalue weighted by molar-refractivity contribution is 7.95. The maximum absolute atomic E-state index is 13.8. The van der Waals surface area contributed by atoms with Crippen molar-refractivity contribution in [3.8, 4) is 5.75 Å². The van der Waals surface area contributed by atoms with Gasteiger partial charge < -0.3 is 15.4 Å². The van der Waals surface area contributed by atoms with E-state index in [9.17, 15) is 26.6 Å². The Hall–Kier alpha value is -3.48. The molecule has 35 heavy (non-hydrogen) atoms. The second kappa shape index (κ2) is 9.64. The molecule has 1 aliphatic rings. The smallest absolute Gasteiger partial charge is 0.405 e. The molecule has 2 aromatic carbocycles. The minimum Gasteiger partial charge on any atom is -0.481 e. The molecule has 0 bridgehead atoms. The van der Waals surface area contributed by atoms with Crippen molar-refractivity contribution in [1.29, 1.82) is 0 Å². The minimum absolute atomic E-state index is 0.0925. The van der Waals surface area contributed by atoms with E-state index in [1.807, 2.05) is 6.92 Å². The van der Waals surface area contributed by atoms with E-state index in [-0.39, 0.29) is 11.4 Å². The van der Waals surface area contributed by atoms with Gasteiger partial charge in [0.25, 0.3) is 5.91 Å². The molecule has 4 rings (SSSR count). The molecule has 1 aromatic heterocycles. The van der Waals surface area contributed by atoms with Gasteiger partial charge in [-0.25, -0.2) is 18.6 Å². The van der Waals surface area contributed by atoms with Gasteiger partial charge in [0.05, 0.1) is 26.6 Å². The highest BCUT2D eigenvalue weighted by Gasteiger charge is 2.27. The third kappa shape index (κ3) is 6.15. The monoisotopic (exact) mass is 511 g/mol. The number of carbonyl (C=O) groups excluding carboxylic acids is 1. The lowest BCUT2D eigenvalue weighted by molar-refractivity contribution is -0.139. The van der Waals surface area contributed by atoms with Crippen LogP contribution in [0.3, 0.4) is 0 Å². The SMILES string of the molecule is Cc1cc(N=S2(=O)CCC2)cc2ncnc(Nc3ccc(F)cc3OCC(=O)NCC(F)(F)F)c12. The number of nitrogens with zero attached hydrogens (tertiary/aromatic N) is 3. The fourth-order valence-electron chi connectivity index (χ4n) is 3.43. The molecule has 8 nitrogen and oxygen atoms in total. The molecule has 0 radical (unpaired) electrons. The van der Waals surface area contributed by atoms with E-state index in [4.69, 9.17) is 4.74 Å². The zero-order chi connectivity index (χ0) is 25.2. The zero-order valence-corrected chi connectivity index (χ0v) is 19.3. The van der Waals surface area contributed by atoms with E-state index in [2.05, 4.69) is 19.6 Å². The number of aromatic nitrogens is 2. The summed E-state index contributed by atoms with van der Waals surface area (Å²) in [7, 11) is -2.20. The normalized spacial score (nSPS) is 14.8. The molecule has 13 heteroatoms. The number of alkyl halides is 3. The van der Waals surface area contributed by atoms with Gasteiger partial charge in [-0.05, 0) is 43.2 Å². The second-order valence-corrected chi connectivity index (χ2v) is 10.5. The van der Waals surface area contributed by atoms with Crippen LogP contribution in [-0.4, -0.2) is 50.9 Å². The van der Waals surface area contributed by atoms with Crippen LogP contribution in [0.1, 0.15) is 12.0 Å². The highest BCUT2D eigenvalue weighted by atomic mass is 32.2. The molecule has 0 saturated carbocycles. The fourth-order valence-corrected chi connectivity index (χ4v) is 4.89. The number of hydrogen-bond acceptors (Lipinski definition) is 7. The predicted octanol–water partition coefficient (Wildman–Crippen LogP) is 4.38. The summed E-state index contributed by atoms with van der Waals surface area (Å²) >= 11 is 0.